The van der Waals surface area contributed by atoms with Crippen LogP contribution in [0.25, 0.3) is 0 Å². The topological polar surface area (TPSA) is 0 Å². The Hall–Kier alpha value is -0.210. The minimum Gasteiger partial charge on any atom is -0.171 e. The number of rotatable bonds is 7. The Morgan fingerprint density at radius 3 is 1.73 bits per heavy atom. The third-order valence-corrected chi connectivity index (χ3v) is 2.92. The predicted molar refractivity (Wildman–Crippen MR) is 57.8 cm³/mol. The summed E-state index contributed by atoms with van der Waals surface area (Å²) in [5.41, 5.74) is -1.52. The third-order valence-electron chi connectivity index (χ3n) is 2.92. The molecule has 0 N–H and O–H groups in total. The average Bonchev–Trinajstić information content (AvgIpc) is 2.09. The van der Waals surface area contributed by atoms with Crippen molar-refractivity contribution in [3.63, 3.8) is 0 Å². The van der Waals surface area contributed by atoms with Crippen LogP contribution >= 0.6 is 0 Å². The molecule has 0 aliphatic rings. The minimum absolute atomic E-state index is 0.253. The van der Waals surface area contributed by atoms with Crippen molar-refractivity contribution in [3.8, 4) is 0 Å². The maximum atomic E-state index is 12.5. The van der Waals surface area contributed by atoms with E-state index in [4.69, 9.17) is 0 Å². The van der Waals surface area contributed by atoms with Crippen LogP contribution in [0.15, 0.2) is 0 Å². The van der Waals surface area contributed by atoms with Crippen LogP contribution in [-0.2, 0) is 0 Å². The lowest BCUT2D eigenvalue weighted by Crippen LogP contribution is -2.31. The van der Waals surface area contributed by atoms with Gasteiger partial charge in [-0.05, 0) is 6.42 Å². The van der Waals surface area contributed by atoms with Crippen molar-refractivity contribution in [1.82, 2.24) is 0 Å². The van der Waals surface area contributed by atoms with Crippen LogP contribution in [0.5, 0.6) is 0 Å². The molecule has 15 heavy (non-hydrogen) atoms. The number of alkyl halides is 3. The molecular weight excluding hydrogens is 201 g/mol. The van der Waals surface area contributed by atoms with E-state index < -0.39 is 11.6 Å². The highest BCUT2D eigenvalue weighted by atomic mass is 19.4. The predicted octanol–water partition coefficient (Wildman–Crippen LogP) is 5.33. The summed E-state index contributed by atoms with van der Waals surface area (Å²) >= 11 is 0. The second-order valence-corrected chi connectivity index (χ2v) is 4.90. The smallest absolute Gasteiger partial charge is 0.171 e. The van der Waals surface area contributed by atoms with E-state index in [2.05, 4.69) is 6.92 Å². The Morgan fingerprint density at radius 2 is 1.27 bits per heavy atom. The van der Waals surface area contributed by atoms with Crippen LogP contribution in [-0.4, -0.2) is 6.18 Å². The van der Waals surface area contributed by atoms with Gasteiger partial charge >= 0.3 is 6.18 Å². The Morgan fingerprint density at radius 1 is 0.800 bits per heavy atom. The number of hydrogen-bond donors (Lipinski definition) is 0. The largest absolute Gasteiger partial charge is 0.393 e. The summed E-state index contributed by atoms with van der Waals surface area (Å²) in [6.45, 7) is 4.71. The summed E-state index contributed by atoms with van der Waals surface area (Å²) in [4.78, 5) is 0. The maximum absolute atomic E-state index is 12.5. The lowest BCUT2D eigenvalue weighted by molar-refractivity contribution is -0.214. The van der Waals surface area contributed by atoms with E-state index in [9.17, 15) is 13.2 Å². The molecule has 0 rings (SSSR count). The van der Waals surface area contributed by atoms with Gasteiger partial charge in [0, 0.05) is 0 Å². The summed E-state index contributed by atoms with van der Waals surface area (Å²) in [7, 11) is 0. The number of hydrogen-bond acceptors (Lipinski definition) is 0. The summed E-state index contributed by atoms with van der Waals surface area (Å²) < 4.78 is 37.4. The molecule has 0 saturated carbocycles. The lowest BCUT2D eigenvalue weighted by Gasteiger charge is -2.27. The van der Waals surface area contributed by atoms with Crippen molar-refractivity contribution in [2.24, 2.45) is 5.41 Å². The van der Waals surface area contributed by atoms with Gasteiger partial charge in [-0.3, -0.25) is 0 Å². The van der Waals surface area contributed by atoms with Gasteiger partial charge in [0.25, 0.3) is 0 Å². The summed E-state index contributed by atoms with van der Waals surface area (Å²) in [5.74, 6) is 0. The molecule has 0 radical (unpaired) electrons. The van der Waals surface area contributed by atoms with Crippen molar-refractivity contribution in [3.05, 3.63) is 0 Å². The van der Waals surface area contributed by atoms with Crippen LogP contribution < -0.4 is 0 Å². The van der Waals surface area contributed by atoms with Crippen LogP contribution in [0.4, 0.5) is 13.2 Å². The Balaban J connectivity index is 3.58. The first-order valence-corrected chi connectivity index (χ1v) is 5.88. The molecule has 0 aliphatic heterocycles. The first kappa shape index (κ1) is 14.8. The zero-order chi connectivity index (χ0) is 11.9. The average molecular weight is 224 g/mol. The molecule has 0 aliphatic carbocycles. The summed E-state index contributed by atoms with van der Waals surface area (Å²) in [5, 5.41) is 0. The standard InChI is InChI=1S/C12H23F3/c1-4-5-6-7-8-9-10-11(2,3)12(13,14)15/h4-10H2,1-3H3. The number of unbranched alkanes of at least 4 members (excludes halogenated alkanes) is 5. The summed E-state index contributed by atoms with van der Waals surface area (Å²) in [6, 6.07) is 0. The molecule has 0 fully saturated rings. The Bertz CT molecular complexity index is 159. The second kappa shape index (κ2) is 6.39. The molecule has 0 bridgehead atoms. The quantitative estimate of drug-likeness (QED) is 0.513. The molecule has 3 heteroatoms. The van der Waals surface area contributed by atoms with E-state index in [0.29, 0.717) is 6.42 Å². The highest BCUT2D eigenvalue weighted by Gasteiger charge is 2.46. The molecular formula is C12H23F3. The monoisotopic (exact) mass is 224 g/mol. The zero-order valence-electron chi connectivity index (χ0n) is 10.1. The fourth-order valence-corrected chi connectivity index (χ4v) is 1.49. The first-order valence-electron chi connectivity index (χ1n) is 5.88. The van der Waals surface area contributed by atoms with Crippen molar-refractivity contribution >= 4 is 0 Å². The fraction of sp³-hybridized carbons (Fsp3) is 1.00. The minimum atomic E-state index is -4.06. The van der Waals surface area contributed by atoms with Gasteiger partial charge in [-0.25, -0.2) is 0 Å². The number of halogens is 3. The third kappa shape index (κ3) is 6.06. The highest BCUT2D eigenvalue weighted by molar-refractivity contribution is 4.76. The SMILES string of the molecule is CCCCCCCCC(C)(C)C(F)(F)F. The van der Waals surface area contributed by atoms with Crippen LogP contribution in [0.1, 0.15) is 65.7 Å². The van der Waals surface area contributed by atoms with E-state index in [1.165, 1.54) is 26.7 Å². The normalized spacial score (nSPS) is 13.2. The maximum Gasteiger partial charge on any atom is 0.393 e. The molecule has 0 unspecified atom stereocenters. The van der Waals surface area contributed by atoms with Crippen molar-refractivity contribution in [2.75, 3.05) is 0 Å². The lowest BCUT2D eigenvalue weighted by atomic mass is 9.86. The molecule has 0 saturated heterocycles. The van der Waals surface area contributed by atoms with Crippen molar-refractivity contribution in [2.45, 2.75) is 71.9 Å². The van der Waals surface area contributed by atoms with Gasteiger partial charge in [-0.15, -0.1) is 0 Å². The zero-order valence-corrected chi connectivity index (χ0v) is 10.1. The summed E-state index contributed by atoms with van der Waals surface area (Å²) in [6.07, 6.45) is 2.41. The first-order chi connectivity index (χ1) is 6.81. The Labute approximate surface area is 91.3 Å². The molecule has 0 nitrogen and oxygen atoms in total. The van der Waals surface area contributed by atoms with Gasteiger partial charge in [-0.1, -0.05) is 59.3 Å². The van der Waals surface area contributed by atoms with Crippen LogP contribution in [0.2, 0.25) is 0 Å². The van der Waals surface area contributed by atoms with Gasteiger partial charge in [0.05, 0.1) is 5.41 Å². The van der Waals surface area contributed by atoms with Crippen molar-refractivity contribution in [1.29, 1.82) is 0 Å². The molecule has 92 valence electrons. The van der Waals surface area contributed by atoms with Gasteiger partial charge in [0.15, 0.2) is 0 Å². The molecule has 0 aromatic rings. The highest BCUT2D eigenvalue weighted by Crippen LogP contribution is 2.41. The second-order valence-electron chi connectivity index (χ2n) is 4.90. The molecule has 0 heterocycles. The van der Waals surface area contributed by atoms with Gasteiger partial charge in [0.2, 0.25) is 0 Å². The van der Waals surface area contributed by atoms with Gasteiger partial charge in [-0.2, -0.15) is 13.2 Å². The molecule has 0 atom stereocenters. The van der Waals surface area contributed by atoms with E-state index in [-0.39, 0.29) is 6.42 Å². The molecule has 0 aromatic heterocycles. The molecule has 0 aromatic carbocycles. The Kier molecular flexibility index (Phi) is 6.30. The van der Waals surface area contributed by atoms with E-state index in [1.54, 1.807) is 0 Å². The molecule has 0 amide bonds. The van der Waals surface area contributed by atoms with Gasteiger partial charge < -0.3 is 0 Å². The van der Waals surface area contributed by atoms with Gasteiger partial charge in [0.1, 0.15) is 0 Å². The van der Waals surface area contributed by atoms with E-state index in [0.717, 1.165) is 19.3 Å². The van der Waals surface area contributed by atoms with Crippen LogP contribution in [0, 0.1) is 5.41 Å². The van der Waals surface area contributed by atoms with E-state index in [1.807, 2.05) is 0 Å². The van der Waals surface area contributed by atoms with E-state index >= 15 is 0 Å². The van der Waals surface area contributed by atoms with Crippen molar-refractivity contribution < 1.29 is 13.2 Å². The fourth-order valence-electron chi connectivity index (χ4n) is 1.49. The van der Waals surface area contributed by atoms with Crippen LogP contribution in [0.3, 0.4) is 0 Å². The molecule has 0 spiro atoms.